The zero-order valence-electron chi connectivity index (χ0n) is 15.9. The van der Waals surface area contributed by atoms with Crippen molar-refractivity contribution in [2.24, 2.45) is 11.7 Å². The summed E-state index contributed by atoms with van der Waals surface area (Å²) in [5, 5.41) is 15.7. The van der Waals surface area contributed by atoms with Crippen molar-refractivity contribution >= 4 is 23.5 Å². The number of likely N-dealkylation sites (tertiary alicyclic amines) is 1. The second-order valence-electron chi connectivity index (χ2n) is 7.08. The van der Waals surface area contributed by atoms with Crippen LogP contribution in [-0.2, 0) is 9.59 Å². The highest BCUT2D eigenvalue weighted by Crippen LogP contribution is 2.17. The molecule has 0 bridgehead atoms. The number of aliphatic hydroxyl groups is 1. The van der Waals surface area contributed by atoms with Gasteiger partial charge in [-0.3, -0.25) is 9.59 Å². The summed E-state index contributed by atoms with van der Waals surface area (Å²) >= 11 is 0. The summed E-state index contributed by atoms with van der Waals surface area (Å²) in [6.45, 7) is 2.05. The lowest BCUT2D eigenvalue weighted by Crippen LogP contribution is -2.47. The number of aliphatic hydroxyl groups excluding tert-OH is 1. The van der Waals surface area contributed by atoms with E-state index in [9.17, 15) is 23.9 Å². The Morgan fingerprint density at radius 3 is 2.75 bits per heavy atom. The number of β-amino-alcohol motifs (C(OH)–C–C–N with tert-alkyl or cyclic N) is 1. The zero-order chi connectivity index (χ0) is 20.7. The zero-order valence-corrected chi connectivity index (χ0v) is 15.9. The molecular formula is C19H27FN4O4. The molecule has 1 aromatic rings. The van der Waals surface area contributed by atoms with Gasteiger partial charge in [0.05, 0.1) is 24.4 Å². The number of primary amides is 1. The smallest absolute Gasteiger partial charge is 0.322 e. The molecule has 5 N–H and O–H groups in total. The van der Waals surface area contributed by atoms with Crippen LogP contribution in [0.15, 0.2) is 24.3 Å². The Morgan fingerprint density at radius 2 is 2.07 bits per heavy atom. The van der Waals surface area contributed by atoms with E-state index in [0.29, 0.717) is 25.8 Å². The second-order valence-corrected chi connectivity index (χ2v) is 7.08. The van der Waals surface area contributed by atoms with Gasteiger partial charge in [0, 0.05) is 18.9 Å². The van der Waals surface area contributed by atoms with Crippen molar-refractivity contribution in [1.82, 2.24) is 10.2 Å². The fourth-order valence-electron chi connectivity index (χ4n) is 3.02. The highest BCUT2D eigenvalue weighted by molar-refractivity contribution is 5.89. The molecule has 154 valence electrons. The first-order valence-corrected chi connectivity index (χ1v) is 9.35. The third-order valence-corrected chi connectivity index (χ3v) is 4.85. The number of nitrogens with one attached hydrogen (secondary N) is 2. The molecule has 2 unspecified atom stereocenters. The Bertz CT molecular complexity index is 715. The molecule has 0 radical (unpaired) electrons. The largest absolute Gasteiger partial charge is 0.389 e. The van der Waals surface area contributed by atoms with Gasteiger partial charge in [-0.1, -0.05) is 19.1 Å². The van der Waals surface area contributed by atoms with Crippen LogP contribution in [0.3, 0.4) is 0 Å². The van der Waals surface area contributed by atoms with E-state index in [4.69, 9.17) is 5.73 Å². The van der Waals surface area contributed by atoms with Crippen LogP contribution in [0.25, 0.3) is 0 Å². The molecule has 3 atom stereocenters. The summed E-state index contributed by atoms with van der Waals surface area (Å²) in [6, 6.07) is 4.84. The van der Waals surface area contributed by atoms with Crippen LogP contribution in [0.4, 0.5) is 14.9 Å². The number of para-hydroxylation sites is 1. The number of benzene rings is 1. The summed E-state index contributed by atoms with van der Waals surface area (Å²) < 4.78 is 13.7. The topological polar surface area (TPSA) is 125 Å². The van der Waals surface area contributed by atoms with Crippen LogP contribution in [0.2, 0.25) is 0 Å². The third kappa shape index (κ3) is 6.19. The van der Waals surface area contributed by atoms with Crippen molar-refractivity contribution < 1.29 is 23.9 Å². The predicted octanol–water partition coefficient (Wildman–Crippen LogP) is 1.20. The first kappa shape index (κ1) is 21.6. The van der Waals surface area contributed by atoms with Crippen molar-refractivity contribution in [3.63, 3.8) is 0 Å². The monoisotopic (exact) mass is 394 g/mol. The number of hydrogen-bond donors (Lipinski definition) is 4. The highest BCUT2D eigenvalue weighted by atomic mass is 19.1. The molecule has 1 heterocycles. The van der Waals surface area contributed by atoms with Crippen molar-refractivity contribution in [2.75, 3.05) is 18.4 Å². The van der Waals surface area contributed by atoms with E-state index in [1.54, 1.807) is 13.0 Å². The molecular weight excluding hydrogens is 367 g/mol. The van der Waals surface area contributed by atoms with Gasteiger partial charge in [-0.15, -0.1) is 0 Å². The number of halogens is 1. The Balaban J connectivity index is 1.87. The van der Waals surface area contributed by atoms with Gasteiger partial charge in [-0.2, -0.15) is 0 Å². The molecule has 1 aliphatic heterocycles. The number of nitrogens with two attached hydrogens (primary N) is 1. The van der Waals surface area contributed by atoms with Crippen molar-refractivity contribution in [3.8, 4) is 0 Å². The molecule has 0 spiro atoms. The van der Waals surface area contributed by atoms with E-state index in [1.807, 2.05) is 0 Å². The van der Waals surface area contributed by atoms with Gasteiger partial charge >= 0.3 is 6.03 Å². The van der Waals surface area contributed by atoms with Gasteiger partial charge in [0.2, 0.25) is 11.8 Å². The van der Waals surface area contributed by atoms with Crippen molar-refractivity contribution in [2.45, 2.75) is 44.8 Å². The number of rotatable bonds is 6. The fraction of sp³-hybridized carbons (Fsp3) is 0.526. The van der Waals surface area contributed by atoms with Gasteiger partial charge in [-0.05, 0) is 31.4 Å². The summed E-state index contributed by atoms with van der Waals surface area (Å²) in [7, 11) is 0. The van der Waals surface area contributed by atoms with E-state index in [-0.39, 0.29) is 24.6 Å². The van der Waals surface area contributed by atoms with E-state index in [0.717, 1.165) is 0 Å². The first-order chi connectivity index (χ1) is 13.3. The molecule has 4 amide bonds. The molecule has 8 nitrogen and oxygen atoms in total. The van der Waals surface area contributed by atoms with E-state index in [1.165, 1.54) is 23.1 Å². The minimum atomic E-state index is -0.952. The molecule has 0 aliphatic carbocycles. The minimum Gasteiger partial charge on any atom is -0.389 e. The molecule has 1 aliphatic rings. The lowest BCUT2D eigenvalue weighted by Gasteiger charge is -2.25. The maximum atomic E-state index is 13.7. The van der Waals surface area contributed by atoms with Gasteiger partial charge in [-0.25, -0.2) is 9.18 Å². The van der Waals surface area contributed by atoms with E-state index < -0.39 is 35.8 Å². The first-order valence-electron chi connectivity index (χ1n) is 9.35. The molecule has 0 saturated carbocycles. The number of amides is 4. The number of urea groups is 1. The van der Waals surface area contributed by atoms with E-state index in [2.05, 4.69) is 10.6 Å². The van der Waals surface area contributed by atoms with Crippen molar-refractivity contribution in [3.05, 3.63) is 30.1 Å². The molecule has 0 aromatic heterocycles. The maximum absolute atomic E-state index is 13.7. The normalized spacial score (nSPS) is 20.8. The van der Waals surface area contributed by atoms with Gasteiger partial charge in [0.1, 0.15) is 5.82 Å². The molecule has 2 rings (SSSR count). The van der Waals surface area contributed by atoms with E-state index >= 15 is 0 Å². The Kier molecular flexibility index (Phi) is 7.74. The number of carbonyl (C=O) groups excluding carboxylic acids is 3. The van der Waals surface area contributed by atoms with Crippen LogP contribution in [0, 0.1) is 11.7 Å². The van der Waals surface area contributed by atoms with Gasteiger partial charge < -0.3 is 26.4 Å². The maximum Gasteiger partial charge on any atom is 0.322 e. The summed E-state index contributed by atoms with van der Waals surface area (Å²) in [5.41, 5.74) is 5.25. The average molecular weight is 394 g/mol. The quantitative estimate of drug-likeness (QED) is 0.579. The lowest BCUT2D eigenvalue weighted by molar-refractivity contribution is -0.124. The van der Waals surface area contributed by atoms with Crippen molar-refractivity contribution in [1.29, 1.82) is 0 Å². The standard InChI is InChI=1S/C19H27FN4O4/c1-12(18(21)27)8-9-17(26)22-15-7-4-10-24(11-16(15)25)19(28)23-14-6-3-2-5-13(14)20/h2-3,5-6,12,15-16,25H,4,7-11H2,1H3,(H2,21,27)(H,22,26)(H,23,28)/t12?,15?,16-/m0/s1. The average Bonchev–Trinajstić information content (AvgIpc) is 2.83. The number of anilines is 1. The SMILES string of the molecule is CC(CCC(=O)NC1CCCN(C(=O)Nc2ccccc2F)C[C@@H]1O)C(N)=O. The van der Waals surface area contributed by atoms with Crippen LogP contribution in [-0.4, -0.2) is 53.1 Å². The van der Waals surface area contributed by atoms with Crippen LogP contribution in [0.5, 0.6) is 0 Å². The molecule has 1 saturated heterocycles. The Hall–Kier alpha value is -2.68. The summed E-state index contributed by atoms with van der Waals surface area (Å²) in [4.78, 5) is 36.9. The minimum absolute atomic E-state index is 0.0168. The Morgan fingerprint density at radius 1 is 1.36 bits per heavy atom. The van der Waals surface area contributed by atoms with Gasteiger partial charge in [0.15, 0.2) is 0 Å². The molecule has 1 fully saturated rings. The fourth-order valence-corrected chi connectivity index (χ4v) is 3.02. The number of hydrogen-bond acceptors (Lipinski definition) is 4. The molecule has 9 heteroatoms. The lowest BCUT2D eigenvalue weighted by atomic mass is 10.0. The Labute approximate surface area is 163 Å². The number of carbonyl (C=O) groups is 3. The van der Waals surface area contributed by atoms with Crippen LogP contribution in [0.1, 0.15) is 32.6 Å². The van der Waals surface area contributed by atoms with Gasteiger partial charge in [0.25, 0.3) is 0 Å². The van der Waals surface area contributed by atoms with Crippen LogP contribution < -0.4 is 16.4 Å². The third-order valence-electron chi connectivity index (χ3n) is 4.85. The number of nitrogens with zero attached hydrogens (tertiary/aromatic N) is 1. The van der Waals surface area contributed by atoms with Crippen LogP contribution >= 0.6 is 0 Å². The predicted molar refractivity (Wildman–Crippen MR) is 102 cm³/mol. The molecule has 1 aromatic carbocycles. The molecule has 28 heavy (non-hydrogen) atoms. The second kappa shape index (κ2) is 10.0. The summed E-state index contributed by atoms with van der Waals surface area (Å²) in [6.07, 6.45) is 0.587. The highest BCUT2D eigenvalue weighted by Gasteiger charge is 2.29. The summed E-state index contributed by atoms with van der Waals surface area (Å²) in [5.74, 6) is -1.68.